The van der Waals surface area contributed by atoms with Gasteiger partial charge in [-0.05, 0) is 29.8 Å². The smallest absolute Gasteiger partial charge is 0.244 e. The fourth-order valence-electron chi connectivity index (χ4n) is 1.97. The fraction of sp³-hybridized carbons (Fsp3) is 0.0625. The first-order valence-corrected chi connectivity index (χ1v) is 8.14. The molecule has 1 aromatic heterocycles. The van der Waals surface area contributed by atoms with Crippen LogP contribution in [0, 0.1) is 0 Å². The molecular formula is C16H12Cl3N5. The maximum Gasteiger partial charge on any atom is 0.244 e. The molecule has 0 spiro atoms. The number of hydrogen-bond acceptors (Lipinski definition) is 5. The minimum atomic E-state index is 0.387. The Labute approximate surface area is 154 Å². The average molecular weight is 381 g/mol. The van der Waals surface area contributed by atoms with E-state index in [-0.39, 0.29) is 0 Å². The van der Waals surface area contributed by atoms with E-state index in [1.54, 1.807) is 18.2 Å². The van der Waals surface area contributed by atoms with Crippen LogP contribution in [0.3, 0.4) is 0 Å². The van der Waals surface area contributed by atoms with Gasteiger partial charge in [0.05, 0.1) is 21.9 Å². The Kier molecular flexibility index (Phi) is 5.35. The zero-order chi connectivity index (χ0) is 16.9. The van der Waals surface area contributed by atoms with Gasteiger partial charge in [-0.1, -0.05) is 53.0 Å². The quantitative estimate of drug-likeness (QED) is 0.638. The Morgan fingerprint density at radius 1 is 0.917 bits per heavy atom. The molecule has 3 aromatic rings. The summed E-state index contributed by atoms with van der Waals surface area (Å²) < 4.78 is 0. The predicted octanol–water partition coefficient (Wildman–Crippen LogP) is 5.19. The maximum absolute atomic E-state index is 6.14. The molecule has 122 valence electrons. The monoisotopic (exact) mass is 379 g/mol. The van der Waals surface area contributed by atoms with Crippen molar-refractivity contribution >= 4 is 52.3 Å². The van der Waals surface area contributed by atoms with Crippen molar-refractivity contribution in [2.24, 2.45) is 0 Å². The largest absolute Gasteiger partial charge is 0.349 e. The van der Waals surface area contributed by atoms with E-state index >= 15 is 0 Å². The molecule has 0 aliphatic carbocycles. The van der Waals surface area contributed by atoms with Gasteiger partial charge in [0.1, 0.15) is 0 Å². The molecule has 0 fully saturated rings. The van der Waals surface area contributed by atoms with Crippen LogP contribution in [-0.4, -0.2) is 15.2 Å². The lowest BCUT2D eigenvalue weighted by Gasteiger charge is -2.10. The van der Waals surface area contributed by atoms with Crippen molar-refractivity contribution in [1.82, 2.24) is 15.2 Å². The molecule has 3 rings (SSSR count). The van der Waals surface area contributed by atoms with Crippen LogP contribution in [0.5, 0.6) is 0 Å². The van der Waals surface area contributed by atoms with Gasteiger partial charge in [-0.3, -0.25) is 0 Å². The molecule has 0 atom stereocenters. The van der Waals surface area contributed by atoms with Gasteiger partial charge in [-0.15, -0.1) is 5.10 Å². The lowest BCUT2D eigenvalue weighted by Crippen LogP contribution is -2.06. The van der Waals surface area contributed by atoms with Crippen LogP contribution in [-0.2, 0) is 6.54 Å². The van der Waals surface area contributed by atoms with Crippen molar-refractivity contribution in [3.63, 3.8) is 0 Å². The zero-order valence-corrected chi connectivity index (χ0v) is 14.6. The molecule has 1 heterocycles. The lowest BCUT2D eigenvalue weighted by molar-refractivity contribution is 0.949. The van der Waals surface area contributed by atoms with E-state index < -0.39 is 0 Å². The molecule has 0 aliphatic rings. The summed E-state index contributed by atoms with van der Waals surface area (Å²) in [7, 11) is 0. The molecule has 5 nitrogen and oxygen atoms in total. The summed E-state index contributed by atoms with van der Waals surface area (Å²) in [6, 6.07) is 12.8. The minimum absolute atomic E-state index is 0.387. The van der Waals surface area contributed by atoms with Crippen molar-refractivity contribution in [2.75, 3.05) is 10.6 Å². The molecule has 0 saturated heterocycles. The van der Waals surface area contributed by atoms with E-state index in [0.717, 1.165) is 5.56 Å². The topological polar surface area (TPSA) is 62.7 Å². The molecule has 8 heteroatoms. The number of benzene rings is 2. The second-order valence-corrected chi connectivity index (χ2v) is 6.12. The van der Waals surface area contributed by atoms with Gasteiger partial charge in [-0.2, -0.15) is 10.1 Å². The molecule has 0 unspecified atom stereocenters. The van der Waals surface area contributed by atoms with E-state index in [2.05, 4.69) is 25.8 Å². The Morgan fingerprint density at radius 3 is 2.33 bits per heavy atom. The molecule has 0 aliphatic heterocycles. The SMILES string of the molecule is Clc1ccc(CNc2nncc(Nc3c(Cl)cccc3Cl)n2)cc1. The molecular weight excluding hydrogens is 369 g/mol. The summed E-state index contributed by atoms with van der Waals surface area (Å²) >= 11 is 18.1. The van der Waals surface area contributed by atoms with Crippen LogP contribution >= 0.6 is 34.8 Å². The standard InChI is InChI=1S/C16H12Cl3N5/c17-11-6-4-10(5-7-11)8-20-16-23-14(9-21-24-16)22-15-12(18)2-1-3-13(15)19/h1-7,9H,8H2,(H2,20,22,23,24). The third-order valence-corrected chi connectivity index (χ3v) is 4.02. The second-order valence-electron chi connectivity index (χ2n) is 4.87. The number of para-hydroxylation sites is 1. The fourth-order valence-corrected chi connectivity index (χ4v) is 2.59. The Balaban J connectivity index is 1.71. The van der Waals surface area contributed by atoms with E-state index in [4.69, 9.17) is 34.8 Å². The third-order valence-electron chi connectivity index (χ3n) is 3.14. The highest BCUT2D eigenvalue weighted by Crippen LogP contribution is 2.31. The van der Waals surface area contributed by atoms with Crippen LogP contribution in [0.1, 0.15) is 5.56 Å². The first kappa shape index (κ1) is 16.8. The predicted molar refractivity (Wildman–Crippen MR) is 98.4 cm³/mol. The van der Waals surface area contributed by atoms with Crippen molar-refractivity contribution < 1.29 is 0 Å². The summed E-state index contributed by atoms with van der Waals surface area (Å²) in [5.74, 6) is 0.872. The van der Waals surface area contributed by atoms with Gasteiger partial charge in [0.2, 0.25) is 5.95 Å². The summed E-state index contributed by atoms with van der Waals surface area (Å²) in [6.45, 7) is 0.551. The number of hydrogen-bond donors (Lipinski definition) is 2. The van der Waals surface area contributed by atoms with Gasteiger partial charge in [0, 0.05) is 11.6 Å². The highest BCUT2D eigenvalue weighted by molar-refractivity contribution is 6.39. The number of nitrogens with zero attached hydrogens (tertiary/aromatic N) is 3. The van der Waals surface area contributed by atoms with Crippen LogP contribution < -0.4 is 10.6 Å². The number of halogens is 3. The van der Waals surface area contributed by atoms with E-state index in [0.29, 0.717) is 39.1 Å². The van der Waals surface area contributed by atoms with Crippen molar-refractivity contribution in [3.05, 3.63) is 69.3 Å². The normalized spacial score (nSPS) is 10.5. The summed E-state index contributed by atoms with van der Waals surface area (Å²) in [5.41, 5.74) is 1.63. The molecule has 0 saturated carbocycles. The number of anilines is 3. The third kappa shape index (κ3) is 4.26. The van der Waals surface area contributed by atoms with Crippen LogP contribution in [0.15, 0.2) is 48.7 Å². The highest BCUT2D eigenvalue weighted by atomic mass is 35.5. The van der Waals surface area contributed by atoms with Gasteiger partial charge in [-0.25, -0.2) is 0 Å². The molecule has 0 radical (unpaired) electrons. The molecule has 0 bridgehead atoms. The second kappa shape index (κ2) is 7.66. The van der Waals surface area contributed by atoms with Gasteiger partial charge < -0.3 is 10.6 Å². The van der Waals surface area contributed by atoms with Gasteiger partial charge in [0.25, 0.3) is 0 Å². The first-order chi connectivity index (χ1) is 11.6. The van der Waals surface area contributed by atoms with Crippen LogP contribution in [0.2, 0.25) is 15.1 Å². The molecule has 0 amide bonds. The van der Waals surface area contributed by atoms with Crippen molar-refractivity contribution in [3.8, 4) is 0 Å². The van der Waals surface area contributed by atoms with Crippen LogP contribution in [0.25, 0.3) is 0 Å². The average Bonchev–Trinajstić information content (AvgIpc) is 2.58. The first-order valence-electron chi connectivity index (χ1n) is 7.01. The maximum atomic E-state index is 6.14. The van der Waals surface area contributed by atoms with E-state index in [1.807, 2.05) is 24.3 Å². The van der Waals surface area contributed by atoms with Crippen molar-refractivity contribution in [2.45, 2.75) is 6.54 Å². The Bertz CT molecular complexity index is 819. The molecule has 24 heavy (non-hydrogen) atoms. The Hall–Kier alpha value is -2.08. The van der Waals surface area contributed by atoms with E-state index in [9.17, 15) is 0 Å². The number of nitrogens with one attached hydrogen (secondary N) is 2. The Morgan fingerprint density at radius 2 is 1.62 bits per heavy atom. The zero-order valence-electron chi connectivity index (χ0n) is 12.3. The highest BCUT2D eigenvalue weighted by Gasteiger charge is 2.07. The van der Waals surface area contributed by atoms with Gasteiger partial charge >= 0.3 is 0 Å². The summed E-state index contributed by atoms with van der Waals surface area (Å²) in [4.78, 5) is 4.34. The van der Waals surface area contributed by atoms with Crippen LogP contribution in [0.4, 0.5) is 17.5 Å². The molecule has 2 N–H and O–H groups in total. The van der Waals surface area contributed by atoms with Crippen molar-refractivity contribution in [1.29, 1.82) is 0 Å². The number of aromatic nitrogens is 3. The summed E-state index contributed by atoms with van der Waals surface area (Å²) in [5, 5.41) is 15.7. The summed E-state index contributed by atoms with van der Waals surface area (Å²) in [6.07, 6.45) is 1.49. The van der Waals surface area contributed by atoms with Gasteiger partial charge in [0.15, 0.2) is 5.82 Å². The molecule has 2 aromatic carbocycles. The number of rotatable bonds is 5. The van der Waals surface area contributed by atoms with E-state index in [1.165, 1.54) is 6.20 Å². The minimum Gasteiger partial charge on any atom is -0.349 e. The lowest BCUT2D eigenvalue weighted by atomic mass is 10.2.